The van der Waals surface area contributed by atoms with Crippen molar-refractivity contribution >= 4 is 11.6 Å². The van der Waals surface area contributed by atoms with Crippen molar-refractivity contribution in [3.63, 3.8) is 0 Å². The zero-order valence-corrected chi connectivity index (χ0v) is 7.04. The topological polar surface area (TPSA) is 0 Å². The normalized spacial score (nSPS) is 12.1. The van der Waals surface area contributed by atoms with Crippen LogP contribution in [0.15, 0.2) is 11.1 Å². The molecule has 1 heteroatoms. The molecule has 0 heterocycles. The van der Waals surface area contributed by atoms with E-state index in [2.05, 4.69) is 13.8 Å². The first-order valence-corrected chi connectivity index (χ1v) is 4.06. The summed E-state index contributed by atoms with van der Waals surface area (Å²) in [7, 11) is 0. The van der Waals surface area contributed by atoms with Crippen LogP contribution in [0, 0.1) is 0 Å². The fourth-order valence-electron chi connectivity index (χ4n) is 0.712. The lowest BCUT2D eigenvalue weighted by Gasteiger charge is -1.98. The van der Waals surface area contributed by atoms with Crippen molar-refractivity contribution in [2.45, 2.75) is 39.5 Å². The smallest absolute Gasteiger partial charge is 0.00343 e. The van der Waals surface area contributed by atoms with E-state index in [1.807, 2.05) is 0 Å². The summed E-state index contributed by atoms with van der Waals surface area (Å²) >= 11 is 5.54. The third kappa shape index (κ3) is 4.53. The molecule has 0 atom stereocenters. The molecule has 0 spiro atoms. The van der Waals surface area contributed by atoms with Crippen molar-refractivity contribution < 1.29 is 0 Å². The Kier molecular flexibility index (Phi) is 6.18. The summed E-state index contributed by atoms with van der Waals surface area (Å²) in [5.74, 6) is 0. The maximum atomic E-state index is 5.54. The molecular weight excluding hydrogens is 132 g/mol. The van der Waals surface area contributed by atoms with Crippen LogP contribution in [0.5, 0.6) is 0 Å². The summed E-state index contributed by atoms with van der Waals surface area (Å²) in [6.07, 6.45) is 4.81. The fraction of sp³-hybridized carbons (Fsp3) is 0.750. The zero-order valence-electron chi connectivity index (χ0n) is 6.28. The molecule has 9 heavy (non-hydrogen) atoms. The van der Waals surface area contributed by atoms with Gasteiger partial charge in [0.15, 0.2) is 0 Å². The molecule has 0 bridgehead atoms. The molecule has 0 nitrogen and oxygen atoms in total. The predicted octanol–water partition coefficient (Wildman–Crippen LogP) is 3.71. The molecule has 54 valence electrons. The number of hydrogen-bond acceptors (Lipinski definition) is 0. The lowest BCUT2D eigenvalue weighted by atomic mass is 10.1. The maximum Gasteiger partial charge on any atom is 0.00343 e. The van der Waals surface area contributed by atoms with E-state index in [-0.39, 0.29) is 0 Å². The zero-order chi connectivity index (χ0) is 7.11. The number of allylic oxidation sites excluding steroid dienone is 1. The second-order valence-corrected chi connectivity index (χ2v) is 2.44. The molecule has 0 aromatic heterocycles. The van der Waals surface area contributed by atoms with Crippen LogP contribution < -0.4 is 0 Å². The Hall–Kier alpha value is 0.0300. The highest BCUT2D eigenvalue weighted by Gasteiger charge is 1.90. The molecule has 0 unspecified atom stereocenters. The largest absolute Gasteiger partial charge is 0.0930 e. The van der Waals surface area contributed by atoms with E-state index < -0.39 is 0 Å². The van der Waals surface area contributed by atoms with E-state index in [1.165, 1.54) is 24.8 Å². The first kappa shape index (κ1) is 9.03. The van der Waals surface area contributed by atoms with Gasteiger partial charge in [-0.2, -0.15) is 0 Å². The summed E-state index contributed by atoms with van der Waals surface area (Å²) in [5, 5.41) is 0. The third-order valence-electron chi connectivity index (χ3n) is 1.46. The minimum Gasteiger partial charge on any atom is -0.0930 e. The highest BCUT2D eigenvalue weighted by atomic mass is 35.5. The van der Waals surface area contributed by atoms with Gasteiger partial charge in [0.25, 0.3) is 0 Å². The van der Waals surface area contributed by atoms with Gasteiger partial charge in [0, 0.05) is 5.54 Å². The van der Waals surface area contributed by atoms with Crippen LogP contribution in [0.25, 0.3) is 0 Å². The fourth-order valence-corrected chi connectivity index (χ4v) is 0.976. The van der Waals surface area contributed by atoms with Gasteiger partial charge in [-0.15, -0.1) is 0 Å². The Balaban J connectivity index is 3.33. The van der Waals surface area contributed by atoms with E-state index in [0.717, 1.165) is 6.42 Å². The maximum absolute atomic E-state index is 5.54. The number of hydrogen-bond donors (Lipinski definition) is 0. The molecule has 0 rings (SSSR count). The van der Waals surface area contributed by atoms with Crippen LogP contribution in [-0.2, 0) is 0 Å². The van der Waals surface area contributed by atoms with Gasteiger partial charge in [0.2, 0.25) is 0 Å². The van der Waals surface area contributed by atoms with E-state index in [4.69, 9.17) is 11.6 Å². The molecule has 0 fully saturated rings. The van der Waals surface area contributed by atoms with Crippen LogP contribution >= 0.6 is 11.6 Å². The predicted molar refractivity (Wildman–Crippen MR) is 43.8 cm³/mol. The van der Waals surface area contributed by atoms with Gasteiger partial charge >= 0.3 is 0 Å². The summed E-state index contributed by atoms with van der Waals surface area (Å²) in [6, 6.07) is 0. The van der Waals surface area contributed by atoms with Crippen LogP contribution in [0.3, 0.4) is 0 Å². The van der Waals surface area contributed by atoms with Gasteiger partial charge in [0.1, 0.15) is 0 Å². The minimum atomic E-state index is 1.10. The number of rotatable bonds is 4. The lowest BCUT2D eigenvalue weighted by molar-refractivity contribution is 0.768. The molecule has 0 N–H and O–H groups in total. The van der Waals surface area contributed by atoms with E-state index in [9.17, 15) is 0 Å². The van der Waals surface area contributed by atoms with Crippen molar-refractivity contribution in [2.75, 3.05) is 0 Å². The Morgan fingerprint density at radius 2 is 2.11 bits per heavy atom. The van der Waals surface area contributed by atoms with E-state index >= 15 is 0 Å². The molecule has 0 saturated heterocycles. The Morgan fingerprint density at radius 1 is 1.44 bits per heavy atom. The van der Waals surface area contributed by atoms with Gasteiger partial charge in [0.05, 0.1) is 0 Å². The second kappa shape index (κ2) is 6.15. The molecule has 0 aliphatic carbocycles. The molecule has 0 aliphatic heterocycles. The van der Waals surface area contributed by atoms with Crippen molar-refractivity contribution in [3.8, 4) is 0 Å². The number of halogens is 1. The molecule has 0 saturated carbocycles. The molecule has 0 radical (unpaired) electrons. The molecule has 0 aliphatic rings. The number of unbranched alkanes of at least 4 members (excludes halogenated alkanes) is 1. The average molecular weight is 147 g/mol. The Labute approximate surface area is 62.9 Å². The van der Waals surface area contributed by atoms with Crippen molar-refractivity contribution in [1.29, 1.82) is 0 Å². The summed E-state index contributed by atoms with van der Waals surface area (Å²) in [6.45, 7) is 4.34. The van der Waals surface area contributed by atoms with Crippen LogP contribution in [0.4, 0.5) is 0 Å². The van der Waals surface area contributed by atoms with E-state index in [0.29, 0.717) is 0 Å². The van der Waals surface area contributed by atoms with Gasteiger partial charge in [-0.05, 0) is 19.3 Å². The van der Waals surface area contributed by atoms with Crippen molar-refractivity contribution in [2.24, 2.45) is 0 Å². The minimum absolute atomic E-state index is 1.10. The van der Waals surface area contributed by atoms with Crippen LogP contribution in [0.1, 0.15) is 39.5 Å². The first-order valence-electron chi connectivity index (χ1n) is 3.63. The molecule has 0 aromatic rings. The quantitative estimate of drug-likeness (QED) is 0.567. The van der Waals surface area contributed by atoms with Gasteiger partial charge < -0.3 is 0 Å². The second-order valence-electron chi connectivity index (χ2n) is 2.22. The highest BCUT2D eigenvalue weighted by molar-refractivity contribution is 6.25. The van der Waals surface area contributed by atoms with Crippen LogP contribution in [-0.4, -0.2) is 0 Å². The Morgan fingerprint density at radius 3 is 2.44 bits per heavy atom. The summed E-state index contributed by atoms with van der Waals surface area (Å²) in [5.41, 5.74) is 3.09. The molecule has 0 aromatic carbocycles. The van der Waals surface area contributed by atoms with Crippen LogP contribution in [0.2, 0.25) is 0 Å². The highest BCUT2D eigenvalue weighted by Crippen LogP contribution is 2.11. The summed E-state index contributed by atoms with van der Waals surface area (Å²) < 4.78 is 0. The van der Waals surface area contributed by atoms with Gasteiger partial charge in [-0.25, -0.2) is 0 Å². The Bertz CT molecular complexity index is 84.6. The molecular formula is C8H15Cl. The average Bonchev–Trinajstić information content (AvgIpc) is 1.91. The SMILES string of the molecule is CCCCC(=CCl)CC. The first-order chi connectivity index (χ1) is 4.35. The van der Waals surface area contributed by atoms with Gasteiger partial charge in [-0.3, -0.25) is 0 Å². The summed E-state index contributed by atoms with van der Waals surface area (Å²) in [4.78, 5) is 0. The lowest BCUT2D eigenvalue weighted by Crippen LogP contribution is -1.78. The van der Waals surface area contributed by atoms with Crippen molar-refractivity contribution in [1.82, 2.24) is 0 Å². The van der Waals surface area contributed by atoms with Crippen molar-refractivity contribution in [3.05, 3.63) is 11.1 Å². The van der Waals surface area contributed by atoms with Gasteiger partial charge in [-0.1, -0.05) is 37.4 Å². The van der Waals surface area contributed by atoms with E-state index in [1.54, 1.807) is 5.54 Å². The molecule has 0 amide bonds. The third-order valence-corrected chi connectivity index (χ3v) is 1.77. The standard InChI is InChI=1S/C8H15Cl/c1-3-5-6-8(4-2)7-9/h7H,3-6H2,1-2H3. The monoisotopic (exact) mass is 146 g/mol.